The molecule has 0 aromatic heterocycles. The first kappa shape index (κ1) is 10.4. The fraction of sp³-hybridized carbons (Fsp3) is 0.462. The summed E-state index contributed by atoms with van der Waals surface area (Å²) in [6.07, 6.45) is 1.77. The van der Waals surface area contributed by atoms with Crippen LogP contribution in [0.5, 0.6) is 11.5 Å². The van der Waals surface area contributed by atoms with Crippen LogP contribution in [0.2, 0.25) is 0 Å². The standard InChI is InChI=1S/C13H14N2O2/c1-8-4-10-11(17-7-16-10)5-9(8)12(15)13(6-14)2-3-13/h4-5,12H,2-3,7,15H2,1H3. The van der Waals surface area contributed by atoms with Crippen LogP contribution < -0.4 is 15.2 Å². The first-order chi connectivity index (χ1) is 8.16. The molecule has 1 aromatic carbocycles. The highest BCUT2D eigenvalue weighted by Crippen LogP contribution is 2.54. The Morgan fingerprint density at radius 2 is 2.00 bits per heavy atom. The van der Waals surface area contributed by atoms with Crippen molar-refractivity contribution in [2.75, 3.05) is 6.79 Å². The van der Waals surface area contributed by atoms with Crippen LogP contribution in [-0.4, -0.2) is 6.79 Å². The van der Waals surface area contributed by atoms with Crippen molar-refractivity contribution in [3.05, 3.63) is 23.3 Å². The van der Waals surface area contributed by atoms with Crippen molar-refractivity contribution < 1.29 is 9.47 Å². The molecule has 1 aromatic rings. The van der Waals surface area contributed by atoms with E-state index in [4.69, 9.17) is 15.2 Å². The third-order valence-corrected chi connectivity index (χ3v) is 3.70. The predicted molar refractivity (Wildman–Crippen MR) is 61.5 cm³/mol. The van der Waals surface area contributed by atoms with Crippen LogP contribution in [0.15, 0.2) is 12.1 Å². The van der Waals surface area contributed by atoms with Crippen LogP contribution in [-0.2, 0) is 0 Å². The van der Waals surface area contributed by atoms with Crippen LogP contribution in [0.25, 0.3) is 0 Å². The molecule has 2 aliphatic rings. The van der Waals surface area contributed by atoms with Gasteiger partial charge >= 0.3 is 0 Å². The van der Waals surface area contributed by atoms with Gasteiger partial charge in [0.15, 0.2) is 11.5 Å². The van der Waals surface area contributed by atoms with Crippen LogP contribution in [0.4, 0.5) is 0 Å². The van der Waals surface area contributed by atoms with E-state index in [-0.39, 0.29) is 18.2 Å². The summed E-state index contributed by atoms with van der Waals surface area (Å²) in [5.41, 5.74) is 7.91. The summed E-state index contributed by atoms with van der Waals surface area (Å²) in [6, 6.07) is 5.97. The SMILES string of the molecule is Cc1cc2c(cc1C(N)C1(C#N)CC1)OCO2. The van der Waals surface area contributed by atoms with Gasteiger partial charge in [-0.15, -0.1) is 0 Å². The quantitative estimate of drug-likeness (QED) is 0.844. The number of benzene rings is 1. The molecule has 0 bridgehead atoms. The predicted octanol–water partition coefficient (Wildman–Crippen LogP) is 2.03. The summed E-state index contributed by atoms with van der Waals surface area (Å²) >= 11 is 0. The molecule has 1 fully saturated rings. The second kappa shape index (κ2) is 3.38. The molecule has 1 aliphatic heterocycles. The minimum absolute atomic E-state index is 0.234. The molecule has 88 valence electrons. The lowest BCUT2D eigenvalue weighted by atomic mass is 9.89. The van der Waals surface area contributed by atoms with Crippen molar-refractivity contribution in [3.63, 3.8) is 0 Å². The van der Waals surface area contributed by atoms with Crippen molar-refractivity contribution >= 4 is 0 Å². The number of fused-ring (bicyclic) bond motifs is 1. The summed E-state index contributed by atoms with van der Waals surface area (Å²) in [7, 11) is 0. The second-order valence-corrected chi connectivity index (χ2v) is 4.81. The maximum absolute atomic E-state index is 9.19. The van der Waals surface area contributed by atoms with E-state index in [0.29, 0.717) is 0 Å². The molecule has 0 amide bonds. The van der Waals surface area contributed by atoms with E-state index >= 15 is 0 Å². The van der Waals surface area contributed by atoms with Gasteiger partial charge in [0.1, 0.15) is 0 Å². The fourth-order valence-electron chi connectivity index (χ4n) is 2.32. The van der Waals surface area contributed by atoms with Gasteiger partial charge in [0.2, 0.25) is 6.79 Å². The maximum Gasteiger partial charge on any atom is 0.231 e. The van der Waals surface area contributed by atoms with E-state index in [9.17, 15) is 5.26 Å². The summed E-state index contributed by atoms with van der Waals surface area (Å²) in [5, 5.41) is 9.19. The zero-order valence-electron chi connectivity index (χ0n) is 9.69. The van der Waals surface area contributed by atoms with Crippen LogP contribution >= 0.6 is 0 Å². The smallest absolute Gasteiger partial charge is 0.231 e. The van der Waals surface area contributed by atoms with E-state index in [1.54, 1.807) is 0 Å². The van der Waals surface area contributed by atoms with Gasteiger partial charge in [-0.05, 0) is 43.0 Å². The van der Waals surface area contributed by atoms with Gasteiger partial charge in [-0.25, -0.2) is 0 Å². The Bertz CT molecular complexity index is 515. The molecule has 17 heavy (non-hydrogen) atoms. The first-order valence-corrected chi connectivity index (χ1v) is 5.73. The summed E-state index contributed by atoms with van der Waals surface area (Å²) in [5.74, 6) is 1.50. The Balaban J connectivity index is 2.01. The number of hydrogen-bond acceptors (Lipinski definition) is 4. The maximum atomic E-state index is 9.19. The largest absolute Gasteiger partial charge is 0.454 e. The van der Waals surface area contributed by atoms with Gasteiger partial charge in [0.25, 0.3) is 0 Å². The fourth-order valence-corrected chi connectivity index (χ4v) is 2.32. The van der Waals surface area contributed by atoms with Gasteiger partial charge in [-0.2, -0.15) is 5.26 Å². The Morgan fingerprint density at radius 3 is 2.59 bits per heavy atom. The van der Waals surface area contributed by atoms with Crippen LogP contribution in [0.1, 0.15) is 30.0 Å². The zero-order valence-corrected chi connectivity index (χ0v) is 9.69. The van der Waals surface area contributed by atoms with Crippen LogP contribution in [0.3, 0.4) is 0 Å². The van der Waals surface area contributed by atoms with Crippen LogP contribution in [0, 0.1) is 23.7 Å². The molecule has 1 unspecified atom stereocenters. The van der Waals surface area contributed by atoms with Gasteiger partial charge in [-0.1, -0.05) is 0 Å². The molecule has 0 radical (unpaired) electrons. The van der Waals surface area contributed by atoms with Crippen molar-refractivity contribution in [3.8, 4) is 17.6 Å². The van der Waals surface area contributed by atoms with Crippen molar-refractivity contribution in [2.45, 2.75) is 25.8 Å². The Kier molecular flexibility index (Phi) is 2.07. The minimum Gasteiger partial charge on any atom is -0.454 e. The molecular weight excluding hydrogens is 216 g/mol. The number of nitriles is 1. The average Bonchev–Trinajstić information content (AvgIpc) is 3.01. The number of ether oxygens (including phenoxy) is 2. The third-order valence-electron chi connectivity index (χ3n) is 3.70. The third kappa shape index (κ3) is 1.47. The first-order valence-electron chi connectivity index (χ1n) is 5.73. The lowest BCUT2D eigenvalue weighted by molar-refractivity contribution is 0.174. The van der Waals surface area contributed by atoms with E-state index < -0.39 is 0 Å². The minimum atomic E-state index is -0.363. The van der Waals surface area contributed by atoms with Gasteiger partial charge in [0.05, 0.1) is 11.5 Å². The average molecular weight is 230 g/mol. The molecule has 0 saturated heterocycles. The summed E-state index contributed by atoms with van der Waals surface area (Å²) in [6.45, 7) is 2.25. The van der Waals surface area contributed by atoms with Crippen molar-refractivity contribution in [2.24, 2.45) is 11.1 Å². The number of nitrogens with two attached hydrogens (primary N) is 1. The molecule has 1 saturated carbocycles. The molecule has 4 heteroatoms. The van der Waals surface area contributed by atoms with E-state index in [2.05, 4.69) is 6.07 Å². The zero-order chi connectivity index (χ0) is 12.0. The van der Waals surface area contributed by atoms with E-state index in [1.165, 1.54) is 0 Å². The lowest BCUT2D eigenvalue weighted by Gasteiger charge is -2.19. The van der Waals surface area contributed by atoms with E-state index in [1.807, 2.05) is 19.1 Å². The second-order valence-electron chi connectivity index (χ2n) is 4.81. The van der Waals surface area contributed by atoms with Gasteiger partial charge < -0.3 is 15.2 Å². The normalized spacial score (nSPS) is 20.8. The highest BCUT2D eigenvalue weighted by molar-refractivity contribution is 5.50. The molecule has 0 spiro atoms. The molecule has 3 rings (SSSR count). The number of aryl methyl sites for hydroxylation is 1. The number of hydrogen-bond donors (Lipinski definition) is 1. The molecule has 2 N–H and O–H groups in total. The monoisotopic (exact) mass is 230 g/mol. The Morgan fingerprint density at radius 1 is 1.35 bits per heavy atom. The molecule has 4 nitrogen and oxygen atoms in total. The molecule has 1 heterocycles. The van der Waals surface area contributed by atoms with Gasteiger partial charge in [0, 0.05) is 6.04 Å². The number of rotatable bonds is 2. The topological polar surface area (TPSA) is 68.3 Å². The summed E-state index contributed by atoms with van der Waals surface area (Å²) in [4.78, 5) is 0. The van der Waals surface area contributed by atoms with Crippen molar-refractivity contribution in [1.29, 1.82) is 5.26 Å². The highest BCUT2D eigenvalue weighted by atomic mass is 16.7. The van der Waals surface area contributed by atoms with Gasteiger partial charge in [-0.3, -0.25) is 0 Å². The lowest BCUT2D eigenvalue weighted by Crippen LogP contribution is -2.22. The molecule has 1 atom stereocenters. The van der Waals surface area contributed by atoms with E-state index in [0.717, 1.165) is 35.5 Å². The molecular formula is C13H14N2O2. The van der Waals surface area contributed by atoms with Crippen molar-refractivity contribution in [1.82, 2.24) is 0 Å². The Hall–Kier alpha value is -1.73. The summed E-state index contributed by atoms with van der Waals surface area (Å²) < 4.78 is 10.7. The number of nitrogens with zero attached hydrogens (tertiary/aromatic N) is 1. The molecule has 1 aliphatic carbocycles. The highest BCUT2D eigenvalue weighted by Gasteiger charge is 2.49. The Labute approximate surface area is 99.9 Å².